The highest BCUT2D eigenvalue weighted by Crippen LogP contribution is 2.32. The van der Waals surface area contributed by atoms with Gasteiger partial charge in [0.15, 0.2) is 0 Å². The van der Waals surface area contributed by atoms with E-state index in [9.17, 15) is 18.0 Å². The van der Waals surface area contributed by atoms with Crippen molar-refractivity contribution in [2.45, 2.75) is 24.6 Å². The highest BCUT2D eigenvalue weighted by molar-refractivity contribution is 7.08. The number of rotatable bonds is 1. The Morgan fingerprint density at radius 2 is 2.22 bits per heavy atom. The molecule has 0 aliphatic carbocycles. The van der Waals surface area contributed by atoms with Crippen molar-refractivity contribution < 1.29 is 18.0 Å². The van der Waals surface area contributed by atoms with Crippen LogP contribution >= 0.6 is 11.3 Å². The molecule has 0 bridgehead atoms. The number of hydrogen-bond acceptors (Lipinski definition) is 3. The molecule has 3 nitrogen and oxygen atoms in total. The number of hydrogen-bond donors (Lipinski definition) is 1. The SMILES string of the molecule is NC1(c2ccsc2)CCCN(C(=O)C(F)(F)F)C1. The van der Waals surface area contributed by atoms with Gasteiger partial charge in [-0.25, -0.2) is 0 Å². The molecule has 0 spiro atoms. The Bertz CT molecular complexity index is 432. The monoisotopic (exact) mass is 278 g/mol. The summed E-state index contributed by atoms with van der Waals surface area (Å²) in [6.45, 7) is 0.0313. The average Bonchev–Trinajstić information content (AvgIpc) is 2.81. The lowest BCUT2D eigenvalue weighted by molar-refractivity contribution is -0.187. The Morgan fingerprint density at radius 3 is 2.78 bits per heavy atom. The second kappa shape index (κ2) is 4.55. The van der Waals surface area contributed by atoms with Crippen LogP contribution in [0.4, 0.5) is 13.2 Å². The number of carbonyl (C=O) groups is 1. The molecular weight excluding hydrogens is 265 g/mol. The molecule has 2 N–H and O–H groups in total. The Balaban J connectivity index is 2.17. The molecule has 1 fully saturated rings. The molecule has 1 aromatic rings. The van der Waals surface area contributed by atoms with E-state index in [2.05, 4.69) is 0 Å². The van der Waals surface area contributed by atoms with E-state index < -0.39 is 17.6 Å². The van der Waals surface area contributed by atoms with Gasteiger partial charge < -0.3 is 10.6 Å². The van der Waals surface area contributed by atoms with Crippen LogP contribution in [-0.4, -0.2) is 30.1 Å². The molecule has 1 amide bonds. The molecule has 0 saturated carbocycles. The first kappa shape index (κ1) is 13.4. The topological polar surface area (TPSA) is 46.3 Å². The molecule has 2 rings (SSSR count). The Labute approximate surface area is 106 Å². The van der Waals surface area contributed by atoms with Gasteiger partial charge in [-0.05, 0) is 35.2 Å². The third-order valence-corrected chi connectivity index (χ3v) is 3.83. The van der Waals surface area contributed by atoms with Crippen LogP contribution in [0.15, 0.2) is 16.8 Å². The fourth-order valence-electron chi connectivity index (χ4n) is 2.22. The first-order chi connectivity index (χ1) is 8.33. The van der Waals surface area contributed by atoms with Gasteiger partial charge in [0.1, 0.15) is 0 Å². The molecule has 1 saturated heterocycles. The number of carbonyl (C=O) groups excluding carboxylic acids is 1. The van der Waals surface area contributed by atoms with Crippen LogP contribution < -0.4 is 5.73 Å². The van der Waals surface area contributed by atoms with Crippen LogP contribution in [0.1, 0.15) is 18.4 Å². The Kier molecular flexibility index (Phi) is 3.37. The molecule has 1 aromatic heterocycles. The van der Waals surface area contributed by atoms with Gasteiger partial charge in [0, 0.05) is 13.1 Å². The second-order valence-corrected chi connectivity index (χ2v) is 5.28. The zero-order valence-corrected chi connectivity index (χ0v) is 10.4. The normalized spacial score (nSPS) is 25.2. The third kappa shape index (κ3) is 2.51. The standard InChI is InChI=1S/C11H13F3N2OS/c12-11(13,14)9(17)16-4-1-3-10(15,7-16)8-2-5-18-6-8/h2,5-6H,1,3-4,7,15H2. The fourth-order valence-corrected chi connectivity index (χ4v) is 2.98. The summed E-state index contributed by atoms with van der Waals surface area (Å²) in [6, 6.07) is 1.80. The average molecular weight is 278 g/mol. The summed E-state index contributed by atoms with van der Waals surface area (Å²) >= 11 is 1.44. The summed E-state index contributed by atoms with van der Waals surface area (Å²) in [5.74, 6) is -1.80. The Morgan fingerprint density at radius 1 is 1.50 bits per heavy atom. The van der Waals surface area contributed by atoms with E-state index in [1.807, 2.05) is 10.8 Å². The van der Waals surface area contributed by atoms with Crippen molar-refractivity contribution in [1.29, 1.82) is 0 Å². The molecule has 2 heterocycles. The van der Waals surface area contributed by atoms with Crippen molar-refractivity contribution >= 4 is 17.2 Å². The number of nitrogens with two attached hydrogens (primary N) is 1. The zero-order chi connectivity index (χ0) is 13.4. The predicted octanol–water partition coefficient (Wildman–Crippen LogP) is 2.09. The summed E-state index contributed by atoms with van der Waals surface area (Å²) in [5, 5.41) is 3.65. The first-order valence-electron chi connectivity index (χ1n) is 5.51. The molecule has 100 valence electrons. The largest absolute Gasteiger partial charge is 0.471 e. The van der Waals surface area contributed by atoms with Gasteiger partial charge in [0.25, 0.3) is 0 Å². The summed E-state index contributed by atoms with van der Waals surface area (Å²) in [7, 11) is 0. The van der Waals surface area contributed by atoms with Crippen LogP contribution in [0.3, 0.4) is 0 Å². The molecule has 0 aromatic carbocycles. The van der Waals surface area contributed by atoms with Gasteiger partial charge in [-0.15, -0.1) is 0 Å². The Hall–Kier alpha value is -1.08. The maximum atomic E-state index is 12.4. The zero-order valence-electron chi connectivity index (χ0n) is 9.54. The minimum absolute atomic E-state index is 0.0813. The second-order valence-electron chi connectivity index (χ2n) is 4.50. The minimum Gasteiger partial charge on any atom is -0.333 e. The quantitative estimate of drug-likeness (QED) is 0.855. The molecule has 1 aliphatic heterocycles. The maximum Gasteiger partial charge on any atom is 0.471 e. The lowest BCUT2D eigenvalue weighted by Gasteiger charge is -2.40. The van der Waals surface area contributed by atoms with E-state index in [4.69, 9.17) is 5.73 Å². The van der Waals surface area contributed by atoms with Gasteiger partial charge in [0.2, 0.25) is 0 Å². The number of halogens is 3. The van der Waals surface area contributed by atoms with E-state index in [1.54, 1.807) is 6.07 Å². The summed E-state index contributed by atoms with van der Waals surface area (Å²) < 4.78 is 37.2. The number of amides is 1. The van der Waals surface area contributed by atoms with Crippen molar-refractivity contribution in [1.82, 2.24) is 4.90 Å². The number of alkyl halides is 3. The molecular formula is C11H13F3N2OS. The fraction of sp³-hybridized carbons (Fsp3) is 0.545. The third-order valence-electron chi connectivity index (χ3n) is 3.15. The van der Waals surface area contributed by atoms with Gasteiger partial charge >= 0.3 is 12.1 Å². The number of likely N-dealkylation sites (tertiary alicyclic amines) is 1. The summed E-state index contributed by atoms with van der Waals surface area (Å²) in [4.78, 5) is 12.0. The van der Waals surface area contributed by atoms with Crippen molar-refractivity contribution in [2.75, 3.05) is 13.1 Å². The highest BCUT2D eigenvalue weighted by atomic mass is 32.1. The lowest BCUT2D eigenvalue weighted by Crippen LogP contribution is -2.55. The molecule has 0 radical (unpaired) electrons. The number of nitrogens with zero attached hydrogens (tertiary/aromatic N) is 1. The molecule has 1 unspecified atom stereocenters. The van der Waals surface area contributed by atoms with Gasteiger partial charge in [-0.1, -0.05) is 0 Å². The molecule has 1 atom stereocenters. The summed E-state index contributed by atoms with van der Waals surface area (Å²) in [6.07, 6.45) is -3.76. The number of thiophene rings is 1. The first-order valence-corrected chi connectivity index (χ1v) is 6.45. The van der Waals surface area contributed by atoms with Crippen LogP contribution in [0.25, 0.3) is 0 Å². The van der Waals surface area contributed by atoms with Crippen LogP contribution in [0.2, 0.25) is 0 Å². The van der Waals surface area contributed by atoms with Crippen molar-refractivity contribution in [3.8, 4) is 0 Å². The molecule has 1 aliphatic rings. The highest BCUT2D eigenvalue weighted by Gasteiger charge is 2.46. The smallest absolute Gasteiger partial charge is 0.333 e. The van der Waals surface area contributed by atoms with Gasteiger partial charge in [-0.2, -0.15) is 24.5 Å². The van der Waals surface area contributed by atoms with Crippen LogP contribution in [0.5, 0.6) is 0 Å². The predicted molar refractivity (Wildman–Crippen MR) is 62.1 cm³/mol. The van der Waals surface area contributed by atoms with Crippen molar-refractivity contribution in [2.24, 2.45) is 5.73 Å². The number of piperidine rings is 1. The molecule has 7 heteroatoms. The van der Waals surface area contributed by atoms with Crippen molar-refractivity contribution in [3.63, 3.8) is 0 Å². The van der Waals surface area contributed by atoms with Crippen molar-refractivity contribution in [3.05, 3.63) is 22.4 Å². The van der Waals surface area contributed by atoms with Gasteiger partial charge in [-0.3, -0.25) is 4.79 Å². The summed E-state index contributed by atoms with van der Waals surface area (Å²) in [5.41, 5.74) is 6.08. The van der Waals surface area contributed by atoms with E-state index in [0.717, 1.165) is 10.5 Å². The van der Waals surface area contributed by atoms with Gasteiger partial charge in [0.05, 0.1) is 5.54 Å². The van der Waals surface area contributed by atoms with E-state index >= 15 is 0 Å². The van der Waals surface area contributed by atoms with E-state index in [0.29, 0.717) is 12.8 Å². The minimum atomic E-state index is -4.83. The van der Waals surface area contributed by atoms with Crippen LogP contribution in [-0.2, 0) is 10.3 Å². The lowest BCUT2D eigenvalue weighted by atomic mass is 9.85. The van der Waals surface area contributed by atoms with Crippen LogP contribution in [0, 0.1) is 0 Å². The molecule has 18 heavy (non-hydrogen) atoms. The van der Waals surface area contributed by atoms with E-state index in [1.165, 1.54) is 11.3 Å². The van der Waals surface area contributed by atoms with E-state index in [-0.39, 0.29) is 13.1 Å². The maximum absolute atomic E-state index is 12.4.